The minimum atomic E-state index is -0.272. The first kappa shape index (κ1) is 16.2. The van der Waals surface area contributed by atoms with Crippen LogP contribution < -0.4 is 0 Å². The fraction of sp³-hybridized carbons (Fsp3) is 0.533. The molecule has 1 atom stereocenters. The molecule has 1 fully saturated rings. The van der Waals surface area contributed by atoms with E-state index in [0.29, 0.717) is 0 Å². The number of rotatable bonds is 4. The summed E-state index contributed by atoms with van der Waals surface area (Å²) in [6.45, 7) is 6.06. The number of carbonyl (C=O) groups is 1. The molecule has 0 N–H and O–H groups in total. The topological polar surface area (TPSA) is 59.2 Å². The van der Waals surface area contributed by atoms with E-state index in [2.05, 4.69) is 31.0 Å². The zero-order chi connectivity index (χ0) is 16.4. The van der Waals surface area contributed by atoms with Crippen LogP contribution >= 0.6 is 15.9 Å². The van der Waals surface area contributed by atoms with E-state index >= 15 is 0 Å². The normalized spacial score (nSPS) is 17.4. The van der Waals surface area contributed by atoms with E-state index in [-0.39, 0.29) is 11.9 Å². The van der Waals surface area contributed by atoms with Crippen LogP contribution in [0.4, 0.5) is 0 Å². The molecule has 124 valence electrons. The smallest absolute Gasteiger partial charge is 0.247 e. The first-order chi connectivity index (χ1) is 11.0. The molecule has 2 aromatic rings. The monoisotopic (exact) mass is 380 g/mol. The van der Waals surface area contributed by atoms with Crippen LogP contribution in [0.15, 0.2) is 29.3 Å². The summed E-state index contributed by atoms with van der Waals surface area (Å²) < 4.78 is 4.41. The van der Waals surface area contributed by atoms with Crippen LogP contribution in [0, 0.1) is 0 Å². The van der Waals surface area contributed by atoms with Crippen molar-refractivity contribution in [2.45, 2.75) is 19.5 Å². The van der Waals surface area contributed by atoms with Gasteiger partial charge in [0.1, 0.15) is 6.04 Å². The number of piperazine rings is 1. The molecule has 8 heteroatoms. The second-order valence-corrected chi connectivity index (χ2v) is 6.85. The maximum atomic E-state index is 12.6. The lowest BCUT2D eigenvalue weighted by molar-refractivity contribution is -0.136. The number of halogens is 1. The summed E-state index contributed by atoms with van der Waals surface area (Å²) in [5.41, 5.74) is 1.21. The number of hydrogen-bond acceptors (Lipinski definition) is 4. The molecule has 1 amide bonds. The number of aryl methyl sites for hydroxylation is 1. The van der Waals surface area contributed by atoms with E-state index in [1.54, 1.807) is 10.9 Å². The van der Waals surface area contributed by atoms with Gasteiger partial charge in [-0.25, -0.2) is 0 Å². The van der Waals surface area contributed by atoms with Crippen molar-refractivity contribution in [1.82, 2.24) is 29.4 Å². The number of carbonyl (C=O) groups excluding carboxylic acids is 1. The van der Waals surface area contributed by atoms with Crippen molar-refractivity contribution in [2.75, 3.05) is 26.2 Å². The second-order valence-electron chi connectivity index (χ2n) is 5.94. The summed E-state index contributed by atoms with van der Waals surface area (Å²) in [5.74, 6) is 0.127. The molecular formula is C15H21BrN6O. The van der Waals surface area contributed by atoms with Gasteiger partial charge >= 0.3 is 0 Å². The average molecular weight is 381 g/mol. The summed E-state index contributed by atoms with van der Waals surface area (Å²) in [6.07, 6.45) is 7.47. The molecule has 1 saturated heterocycles. The Balaban J connectivity index is 1.53. The standard InChI is InChI=1S/C15H21BrN6O/c1-12(22-11-14(16)8-18-22)15(23)21-5-3-20(4-6-21)10-13-7-17-19(2)9-13/h7-9,11-12H,3-6,10H2,1-2H3. The fourth-order valence-electron chi connectivity index (χ4n) is 2.84. The van der Waals surface area contributed by atoms with Crippen molar-refractivity contribution in [3.05, 3.63) is 34.8 Å². The third-order valence-electron chi connectivity index (χ3n) is 4.17. The first-order valence-corrected chi connectivity index (χ1v) is 8.50. The van der Waals surface area contributed by atoms with E-state index in [4.69, 9.17) is 0 Å². The van der Waals surface area contributed by atoms with Gasteiger partial charge in [0, 0.05) is 57.7 Å². The summed E-state index contributed by atoms with van der Waals surface area (Å²) in [4.78, 5) is 16.9. The number of aromatic nitrogens is 4. The third-order valence-corrected chi connectivity index (χ3v) is 4.58. The van der Waals surface area contributed by atoms with Crippen LogP contribution in [-0.4, -0.2) is 61.4 Å². The molecule has 1 aliphatic heterocycles. The van der Waals surface area contributed by atoms with Crippen molar-refractivity contribution in [2.24, 2.45) is 7.05 Å². The molecular weight excluding hydrogens is 360 g/mol. The van der Waals surface area contributed by atoms with Gasteiger partial charge in [0.25, 0.3) is 0 Å². The lowest BCUT2D eigenvalue weighted by Gasteiger charge is -2.35. The maximum absolute atomic E-state index is 12.6. The Morgan fingerprint density at radius 2 is 1.96 bits per heavy atom. The van der Waals surface area contributed by atoms with Gasteiger partial charge in [-0.05, 0) is 22.9 Å². The van der Waals surface area contributed by atoms with Crippen molar-refractivity contribution in [3.63, 3.8) is 0 Å². The van der Waals surface area contributed by atoms with E-state index in [0.717, 1.165) is 37.2 Å². The lowest BCUT2D eigenvalue weighted by Crippen LogP contribution is -2.49. The highest BCUT2D eigenvalue weighted by Gasteiger charge is 2.26. The van der Waals surface area contributed by atoms with Crippen LogP contribution in [0.3, 0.4) is 0 Å². The van der Waals surface area contributed by atoms with Crippen molar-refractivity contribution in [1.29, 1.82) is 0 Å². The van der Waals surface area contributed by atoms with Crippen LogP contribution in [0.2, 0.25) is 0 Å². The molecule has 0 saturated carbocycles. The van der Waals surface area contributed by atoms with Crippen LogP contribution in [0.25, 0.3) is 0 Å². The van der Waals surface area contributed by atoms with E-state index in [9.17, 15) is 4.79 Å². The zero-order valence-corrected chi connectivity index (χ0v) is 15.0. The van der Waals surface area contributed by atoms with Crippen LogP contribution in [-0.2, 0) is 18.4 Å². The van der Waals surface area contributed by atoms with Gasteiger partial charge < -0.3 is 4.90 Å². The van der Waals surface area contributed by atoms with Crippen molar-refractivity contribution >= 4 is 21.8 Å². The third kappa shape index (κ3) is 3.81. The van der Waals surface area contributed by atoms with E-state index in [1.807, 2.05) is 42.1 Å². The van der Waals surface area contributed by atoms with Crippen LogP contribution in [0.1, 0.15) is 18.5 Å². The van der Waals surface area contributed by atoms with Crippen LogP contribution in [0.5, 0.6) is 0 Å². The zero-order valence-electron chi connectivity index (χ0n) is 13.4. The summed E-state index contributed by atoms with van der Waals surface area (Å²) in [6, 6.07) is -0.272. The Kier molecular flexibility index (Phi) is 4.82. The molecule has 0 aliphatic carbocycles. The Morgan fingerprint density at radius 3 is 2.52 bits per heavy atom. The number of hydrogen-bond donors (Lipinski definition) is 0. The van der Waals surface area contributed by atoms with Gasteiger partial charge in [-0.2, -0.15) is 10.2 Å². The first-order valence-electron chi connectivity index (χ1n) is 7.71. The number of amides is 1. The van der Waals surface area contributed by atoms with Gasteiger partial charge in [-0.1, -0.05) is 0 Å². The van der Waals surface area contributed by atoms with E-state index in [1.165, 1.54) is 5.56 Å². The maximum Gasteiger partial charge on any atom is 0.247 e. The number of nitrogens with zero attached hydrogens (tertiary/aromatic N) is 6. The highest BCUT2D eigenvalue weighted by molar-refractivity contribution is 9.10. The molecule has 3 heterocycles. The van der Waals surface area contributed by atoms with Gasteiger partial charge in [-0.3, -0.25) is 19.1 Å². The quantitative estimate of drug-likeness (QED) is 0.801. The summed E-state index contributed by atoms with van der Waals surface area (Å²) in [5, 5.41) is 8.40. The fourth-order valence-corrected chi connectivity index (χ4v) is 3.14. The molecule has 3 rings (SSSR count). The second kappa shape index (κ2) is 6.84. The van der Waals surface area contributed by atoms with Gasteiger partial charge in [-0.15, -0.1) is 0 Å². The Hall–Kier alpha value is -1.67. The SMILES string of the molecule is CC(C(=O)N1CCN(Cc2cnn(C)c2)CC1)n1cc(Br)cn1. The minimum absolute atomic E-state index is 0.127. The minimum Gasteiger partial charge on any atom is -0.338 e. The molecule has 0 aromatic carbocycles. The Morgan fingerprint density at radius 1 is 1.22 bits per heavy atom. The van der Waals surface area contributed by atoms with E-state index < -0.39 is 0 Å². The average Bonchev–Trinajstić information content (AvgIpc) is 3.15. The predicted molar refractivity (Wildman–Crippen MR) is 89.7 cm³/mol. The highest BCUT2D eigenvalue weighted by atomic mass is 79.9. The Labute approximate surface area is 144 Å². The molecule has 23 heavy (non-hydrogen) atoms. The molecule has 1 unspecified atom stereocenters. The summed E-state index contributed by atoms with van der Waals surface area (Å²) in [7, 11) is 1.93. The van der Waals surface area contributed by atoms with Gasteiger partial charge in [0.05, 0.1) is 16.9 Å². The van der Waals surface area contributed by atoms with Crippen molar-refractivity contribution in [3.8, 4) is 0 Å². The molecule has 0 spiro atoms. The van der Waals surface area contributed by atoms with Gasteiger partial charge in [0.15, 0.2) is 0 Å². The van der Waals surface area contributed by atoms with Gasteiger partial charge in [0.2, 0.25) is 5.91 Å². The summed E-state index contributed by atoms with van der Waals surface area (Å²) >= 11 is 3.36. The molecule has 7 nitrogen and oxygen atoms in total. The largest absolute Gasteiger partial charge is 0.338 e. The van der Waals surface area contributed by atoms with Crippen molar-refractivity contribution < 1.29 is 4.79 Å². The lowest BCUT2D eigenvalue weighted by atomic mass is 10.2. The molecule has 2 aromatic heterocycles. The predicted octanol–water partition coefficient (Wildman–Crippen LogP) is 1.28. The molecule has 1 aliphatic rings. The Bertz CT molecular complexity index is 673. The highest BCUT2D eigenvalue weighted by Crippen LogP contribution is 2.16. The molecule has 0 radical (unpaired) electrons. The molecule has 0 bridgehead atoms.